The van der Waals surface area contributed by atoms with E-state index in [1.165, 1.54) is 36.4 Å². The molecule has 1 heterocycles. The van der Waals surface area contributed by atoms with E-state index in [1.54, 1.807) is 0 Å². The molecule has 1 aliphatic heterocycles. The van der Waals surface area contributed by atoms with E-state index in [1.807, 2.05) is 32.0 Å². The molecule has 1 aromatic rings. The van der Waals surface area contributed by atoms with Crippen molar-refractivity contribution in [1.82, 2.24) is 4.31 Å². The molecule has 0 aromatic heterocycles. The van der Waals surface area contributed by atoms with E-state index in [4.69, 9.17) is 18.8 Å². The molecule has 0 amide bonds. The van der Waals surface area contributed by atoms with Crippen LogP contribution in [-0.2, 0) is 18.4 Å². The Bertz CT molecular complexity index is 942. The lowest BCUT2D eigenvalue weighted by atomic mass is 9.80. The molecule has 2 unspecified atom stereocenters. The molecular formula is C38H63NO4S2. The number of aliphatic hydroxyl groups excluding tert-OH is 1. The second-order valence-electron chi connectivity index (χ2n) is 11.4. The first-order valence-electron chi connectivity index (χ1n) is 16.5. The summed E-state index contributed by atoms with van der Waals surface area (Å²) in [6.07, 6.45) is 24.7. The molecule has 2 atom stereocenters. The van der Waals surface area contributed by atoms with Crippen LogP contribution in [0.25, 0.3) is 0 Å². The van der Waals surface area contributed by atoms with Crippen molar-refractivity contribution < 1.29 is 18.8 Å². The summed E-state index contributed by atoms with van der Waals surface area (Å²) in [7, 11) is 0. The van der Waals surface area contributed by atoms with Gasteiger partial charge in [-0.15, -0.1) is 24.9 Å². The van der Waals surface area contributed by atoms with Crippen molar-refractivity contribution in [2.45, 2.75) is 97.3 Å². The lowest BCUT2D eigenvalue weighted by Crippen LogP contribution is -2.32. The number of rotatable bonds is 15. The molecule has 1 saturated heterocycles. The molecule has 0 bridgehead atoms. The number of hydrogen-bond donors (Lipinski definition) is 1. The van der Waals surface area contributed by atoms with E-state index in [-0.39, 0.29) is 17.0 Å². The van der Waals surface area contributed by atoms with Gasteiger partial charge in [-0.25, -0.2) is 0 Å². The van der Waals surface area contributed by atoms with Crippen molar-refractivity contribution in [3.05, 3.63) is 97.7 Å². The maximum Gasteiger partial charge on any atom is 0.150 e. The van der Waals surface area contributed by atoms with Crippen LogP contribution < -0.4 is 0 Å². The fourth-order valence-electron chi connectivity index (χ4n) is 4.48. The molecule has 45 heavy (non-hydrogen) atoms. The molecule has 1 aliphatic carbocycles. The third kappa shape index (κ3) is 19.0. The lowest BCUT2D eigenvalue weighted by Gasteiger charge is -2.39. The zero-order valence-electron chi connectivity index (χ0n) is 29.3. The van der Waals surface area contributed by atoms with Gasteiger partial charge >= 0.3 is 0 Å². The number of nitrogens with zero attached hydrogens (tertiary/aromatic N) is 1. The lowest BCUT2D eigenvalue weighted by molar-refractivity contribution is -0.153. The van der Waals surface area contributed by atoms with Crippen LogP contribution >= 0.6 is 24.0 Å². The van der Waals surface area contributed by atoms with Gasteiger partial charge < -0.3 is 14.6 Å². The monoisotopic (exact) mass is 661 g/mol. The normalized spacial score (nSPS) is 18.3. The third-order valence-corrected chi connectivity index (χ3v) is 9.52. The van der Waals surface area contributed by atoms with Crippen LogP contribution in [0.1, 0.15) is 92.6 Å². The molecule has 1 aromatic carbocycles. The Kier molecular flexibility index (Phi) is 26.6. The second kappa shape index (κ2) is 27.5. The zero-order valence-corrected chi connectivity index (χ0v) is 30.9. The molecule has 7 heteroatoms. The number of aliphatic hydroxyl groups is 1. The van der Waals surface area contributed by atoms with E-state index in [2.05, 4.69) is 125 Å². The summed E-state index contributed by atoms with van der Waals surface area (Å²) in [6.45, 7) is 22.2. The van der Waals surface area contributed by atoms with Gasteiger partial charge in [-0.1, -0.05) is 114 Å². The topological polar surface area (TPSA) is 51.2 Å². The SMILES string of the molecule is C=C.CC.CC(C)(CCO)OSN1COCOC1.CC/C=C\C=C/CC(SCCC(C)C)(c1ccccc1)C1C=CC=CCC1. The first-order chi connectivity index (χ1) is 21.8. The predicted octanol–water partition coefficient (Wildman–Crippen LogP) is 10.9. The van der Waals surface area contributed by atoms with Crippen LogP contribution in [0.3, 0.4) is 0 Å². The van der Waals surface area contributed by atoms with E-state index < -0.39 is 0 Å². The minimum absolute atomic E-state index is 0.106. The summed E-state index contributed by atoms with van der Waals surface area (Å²) in [5, 5.41) is 8.79. The van der Waals surface area contributed by atoms with Crippen molar-refractivity contribution >= 4 is 24.0 Å². The molecular weight excluding hydrogens is 599 g/mol. The standard InChI is InChI=1S/C26H36S.C8H17NO4S.C2H6.C2H4/c1-4-5-6-9-15-21-26(27-22-20-23(2)3,25-18-13-10-14-19-25)24-16-11-7-8-12-17-24;1-8(2,3-4-10)13-14-9-5-11-7-12-6-9;2*1-2/h5-11,13-16,18-19,23-24H,4,12,17,20-22H2,1-3H3;10H,3-7H2,1-2H3;1-2H3;1-2H2/b6-5-,15-9-;;;. The Morgan fingerprint density at radius 3 is 2.36 bits per heavy atom. The van der Waals surface area contributed by atoms with Gasteiger partial charge in [0.15, 0.2) is 0 Å². The Morgan fingerprint density at radius 1 is 1.07 bits per heavy atom. The Morgan fingerprint density at radius 2 is 1.73 bits per heavy atom. The van der Waals surface area contributed by atoms with Gasteiger partial charge in [0.05, 0.1) is 22.6 Å². The van der Waals surface area contributed by atoms with E-state index in [9.17, 15) is 0 Å². The summed E-state index contributed by atoms with van der Waals surface area (Å²) in [5.74, 6) is 2.51. The number of thioether (sulfide) groups is 1. The third-order valence-electron chi connectivity index (χ3n) is 6.91. The van der Waals surface area contributed by atoms with E-state index in [0.717, 1.165) is 25.2 Å². The fourth-order valence-corrected chi connectivity index (χ4v) is 6.99. The van der Waals surface area contributed by atoms with Gasteiger partial charge in [-0.3, -0.25) is 4.18 Å². The highest BCUT2D eigenvalue weighted by molar-refractivity contribution is 8.00. The smallest absolute Gasteiger partial charge is 0.150 e. The molecule has 0 saturated carbocycles. The molecule has 5 nitrogen and oxygen atoms in total. The Labute approximate surface area is 285 Å². The molecule has 1 N–H and O–H groups in total. The van der Waals surface area contributed by atoms with Crippen molar-refractivity contribution in [3.63, 3.8) is 0 Å². The number of ether oxygens (including phenoxy) is 2. The fraction of sp³-hybridized carbons (Fsp3) is 0.579. The first-order valence-corrected chi connectivity index (χ1v) is 18.2. The van der Waals surface area contributed by atoms with Gasteiger partial charge in [0.25, 0.3) is 0 Å². The van der Waals surface area contributed by atoms with E-state index >= 15 is 0 Å². The molecule has 1 fully saturated rings. The maximum atomic E-state index is 8.79. The minimum atomic E-state index is -0.336. The summed E-state index contributed by atoms with van der Waals surface area (Å²) >= 11 is 3.39. The van der Waals surface area contributed by atoms with Crippen LogP contribution in [0.15, 0.2) is 92.1 Å². The highest BCUT2D eigenvalue weighted by atomic mass is 32.2. The largest absolute Gasteiger partial charge is 0.396 e. The van der Waals surface area contributed by atoms with E-state index in [0.29, 0.717) is 32.6 Å². The molecule has 0 radical (unpaired) electrons. The van der Waals surface area contributed by atoms with Crippen LogP contribution in [-0.4, -0.2) is 47.6 Å². The summed E-state index contributed by atoms with van der Waals surface area (Å²) in [6, 6.07) is 11.2. The molecule has 0 spiro atoms. The van der Waals surface area contributed by atoms with Gasteiger partial charge in [0.2, 0.25) is 0 Å². The van der Waals surface area contributed by atoms with Gasteiger partial charge in [0.1, 0.15) is 20.3 Å². The summed E-state index contributed by atoms with van der Waals surface area (Å²) < 4.78 is 17.6. The maximum absolute atomic E-state index is 8.79. The van der Waals surface area contributed by atoms with Crippen LogP contribution in [0.4, 0.5) is 0 Å². The molecule has 2 aliphatic rings. The quantitative estimate of drug-likeness (QED) is 0.0869. The number of hydrogen-bond acceptors (Lipinski definition) is 7. The van der Waals surface area contributed by atoms with Crippen molar-refractivity contribution in [2.75, 3.05) is 32.6 Å². The summed E-state index contributed by atoms with van der Waals surface area (Å²) in [5.41, 5.74) is 1.14. The van der Waals surface area contributed by atoms with Crippen LogP contribution in [0, 0.1) is 11.8 Å². The van der Waals surface area contributed by atoms with Gasteiger partial charge in [-0.05, 0) is 69.1 Å². The average molecular weight is 662 g/mol. The highest BCUT2D eigenvalue weighted by Gasteiger charge is 2.38. The van der Waals surface area contributed by atoms with Gasteiger partial charge in [0, 0.05) is 13.0 Å². The number of benzene rings is 1. The van der Waals surface area contributed by atoms with Crippen molar-refractivity contribution in [1.29, 1.82) is 0 Å². The Hall–Kier alpha value is -1.58. The predicted molar refractivity (Wildman–Crippen MR) is 200 cm³/mol. The zero-order chi connectivity index (χ0) is 33.8. The van der Waals surface area contributed by atoms with Crippen molar-refractivity contribution in [2.24, 2.45) is 11.8 Å². The average Bonchev–Trinajstić information content (AvgIpc) is 3.36. The second-order valence-corrected chi connectivity index (χ2v) is 13.7. The first kappa shape index (κ1) is 43.4. The molecule has 256 valence electrons. The number of allylic oxidation sites excluding steroid dienone is 8. The van der Waals surface area contributed by atoms with Crippen molar-refractivity contribution in [3.8, 4) is 0 Å². The van der Waals surface area contributed by atoms with Crippen LogP contribution in [0.2, 0.25) is 0 Å². The minimum Gasteiger partial charge on any atom is -0.396 e. The van der Waals surface area contributed by atoms with Gasteiger partial charge in [-0.2, -0.15) is 4.31 Å². The highest BCUT2D eigenvalue weighted by Crippen LogP contribution is 2.49. The van der Waals surface area contributed by atoms with Crippen LogP contribution in [0.5, 0.6) is 0 Å². The Balaban J connectivity index is 0.000000904. The molecule has 3 rings (SSSR count). The summed E-state index contributed by atoms with van der Waals surface area (Å²) in [4.78, 5) is 0.